The Hall–Kier alpha value is -3.34. The van der Waals surface area contributed by atoms with Crippen LogP contribution in [0.2, 0.25) is 0 Å². The highest BCUT2D eigenvalue weighted by molar-refractivity contribution is 5.84. The van der Waals surface area contributed by atoms with Crippen molar-refractivity contribution in [2.45, 2.75) is 0 Å². The maximum Gasteiger partial charge on any atom is 0.161 e. The number of aromatic nitrogens is 3. The third kappa shape index (κ3) is 2.70. The number of hydrogen-bond acceptors (Lipinski definition) is 4. The summed E-state index contributed by atoms with van der Waals surface area (Å²) in [6.45, 7) is 0. The van der Waals surface area contributed by atoms with Gasteiger partial charge in [0, 0.05) is 17.3 Å². The minimum atomic E-state index is 0.668. The molecular formula is C20H17N3O2. The van der Waals surface area contributed by atoms with Gasteiger partial charge in [-0.15, -0.1) is 0 Å². The summed E-state index contributed by atoms with van der Waals surface area (Å²) in [5, 5.41) is 0. The van der Waals surface area contributed by atoms with Crippen LogP contribution >= 0.6 is 0 Å². The van der Waals surface area contributed by atoms with Crippen molar-refractivity contribution >= 4 is 11.0 Å². The highest BCUT2D eigenvalue weighted by Crippen LogP contribution is 2.35. The zero-order valence-corrected chi connectivity index (χ0v) is 14.0. The van der Waals surface area contributed by atoms with E-state index >= 15 is 0 Å². The number of benzene rings is 2. The Balaban J connectivity index is 1.87. The average molecular weight is 331 g/mol. The van der Waals surface area contributed by atoms with Crippen molar-refractivity contribution in [3.05, 3.63) is 60.8 Å². The van der Waals surface area contributed by atoms with E-state index in [4.69, 9.17) is 14.5 Å². The molecule has 0 aliphatic rings. The van der Waals surface area contributed by atoms with Gasteiger partial charge < -0.3 is 14.5 Å². The molecule has 0 atom stereocenters. The lowest BCUT2D eigenvalue weighted by Crippen LogP contribution is -1.94. The molecule has 0 saturated carbocycles. The van der Waals surface area contributed by atoms with E-state index in [1.165, 1.54) is 0 Å². The van der Waals surface area contributed by atoms with E-state index in [1.807, 2.05) is 54.6 Å². The molecule has 2 aromatic heterocycles. The lowest BCUT2D eigenvalue weighted by molar-refractivity contribution is 0.355. The van der Waals surface area contributed by atoms with Crippen LogP contribution in [-0.2, 0) is 0 Å². The molecule has 0 amide bonds. The number of rotatable bonds is 4. The van der Waals surface area contributed by atoms with Crippen LogP contribution in [0.25, 0.3) is 33.7 Å². The largest absolute Gasteiger partial charge is 0.493 e. The third-order valence-electron chi connectivity index (χ3n) is 4.11. The SMILES string of the molecule is COc1ccc(-c2ncccc2-c2nc3ccccc3[nH]2)cc1OC. The fourth-order valence-electron chi connectivity index (χ4n) is 2.89. The molecule has 0 fully saturated rings. The molecule has 4 aromatic rings. The Morgan fingerprint density at radius 3 is 2.52 bits per heavy atom. The van der Waals surface area contributed by atoms with Crippen LogP contribution < -0.4 is 9.47 Å². The zero-order chi connectivity index (χ0) is 17.2. The van der Waals surface area contributed by atoms with Crippen molar-refractivity contribution < 1.29 is 9.47 Å². The highest BCUT2D eigenvalue weighted by atomic mass is 16.5. The first-order chi connectivity index (χ1) is 12.3. The van der Waals surface area contributed by atoms with Crippen LogP contribution in [0.3, 0.4) is 0 Å². The second kappa shape index (κ2) is 6.28. The predicted octanol–water partition coefficient (Wildman–Crippen LogP) is 4.31. The summed E-state index contributed by atoms with van der Waals surface area (Å²) in [6, 6.07) is 17.7. The Labute approximate surface area is 145 Å². The lowest BCUT2D eigenvalue weighted by Gasteiger charge is -2.11. The van der Waals surface area contributed by atoms with Gasteiger partial charge in [-0.05, 0) is 42.5 Å². The second-order valence-electron chi connectivity index (χ2n) is 5.57. The number of para-hydroxylation sites is 2. The number of imidazole rings is 1. The van der Waals surface area contributed by atoms with Gasteiger partial charge in [0.1, 0.15) is 5.82 Å². The Morgan fingerprint density at radius 1 is 0.880 bits per heavy atom. The van der Waals surface area contributed by atoms with Gasteiger partial charge in [0.15, 0.2) is 11.5 Å². The Kier molecular flexibility index (Phi) is 3.82. The monoisotopic (exact) mass is 331 g/mol. The normalized spacial score (nSPS) is 10.8. The predicted molar refractivity (Wildman–Crippen MR) is 97.9 cm³/mol. The Morgan fingerprint density at radius 2 is 1.72 bits per heavy atom. The maximum atomic E-state index is 5.42. The van der Waals surface area contributed by atoms with E-state index in [0.717, 1.165) is 33.7 Å². The van der Waals surface area contributed by atoms with Gasteiger partial charge in [-0.1, -0.05) is 12.1 Å². The molecule has 2 heterocycles. The molecule has 4 rings (SSSR count). The van der Waals surface area contributed by atoms with Gasteiger partial charge in [0.25, 0.3) is 0 Å². The summed E-state index contributed by atoms with van der Waals surface area (Å²) in [5.41, 5.74) is 4.64. The number of nitrogens with zero attached hydrogens (tertiary/aromatic N) is 2. The van der Waals surface area contributed by atoms with Crippen molar-refractivity contribution in [2.75, 3.05) is 14.2 Å². The van der Waals surface area contributed by atoms with E-state index in [9.17, 15) is 0 Å². The molecule has 2 aromatic carbocycles. The van der Waals surface area contributed by atoms with Gasteiger partial charge in [0.2, 0.25) is 0 Å². The van der Waals surface area contributed by atoms with E-state index in [2.05, 4.69) is 9.97 Å². The number of hydrogen-bond donors (Lipinski definition) is 1. The van der Waals surface area contributed by atoms with Crippen LogP contribution in [0.5, 0.6) is 11.5 Å². The summed E-state index contributed by atoms with van der Waals surface area (Å²) < 4.78 is 10.7. The molecule has 1 N–H and O–H groups in total. The average Bonchev–Trinajstić information content (AvgIpc) is 3.11. The molecule has 0 aliphatic carbocycles. The van der Waals surface area contributed by atoms with Crippen LogP contribution in [0.4, 0.5) is 0 Å². The van der Waals surface area contributed by atoms with E-state index < -0.39 is 0 Å². The highest BCUT2D eigenvalue weighted by Gasteiger charge is 2.14. The zero-order valence-electron chi connectivity index (χ0n) is 14.0. The molecule has 5 heteroatoms. The summed E-state index contributed by atoms with van der Waals surface area (Å²) in [5.74, 6) is 2.15. The molecule has 25 heavy (non-hydrogen) atoms. The smallest absolute Gasteiger partial charge is 0.161 e. The number of pyridine rings is 1. The molecule has 124 valence electrons. The van der Waals surface area contributed by atoms with Crippen LogP contribution in [0.1, 0.15) is 0 Å². The molecule has 0 spiro atoms. The topological polar surface area (TPSA) is 60.0 Å². The maximum absolute atomic E-state index is 5.42. The first-order valence-electron chi connectivity index (χ1n) is 7.92. The van der Waals surface area contributed by atoms with Gasteiger partial charge in [-0.2, -0.15) is 0 Å². The van der Waals surface area contributed by atoms with E-state index in [-0.39, 0.29) is 0 Å². The lowest BCUT2D eigenvalue weighted by atomic mass is 10.0. The fourth-order valence-corrected chi connectivity index (χ4v) is 2.89. The van der Waals surface area contributed by atoms with Crippen molar-refractivity contribution in [3.8, 4) is 34.1 Å². The first-order valence-corrected chi connectivity index (χ1v) is 7.92. The third-order valence-corrected chi connectivity index (χ3v) is 4.11. The second-order valence-corrected chi connectivity index (χ2v) is 5.57. The van der Waals surface area contributed by atoms with Gasteiger partial charge in [-0.25, -0.2) is 4.98 Å². The number of nitrogens with one attached hydrogen (secondary N) is 1. The molecule has 0 unspecified atom stereocenters. The number of fused-ring (bicyclic) bond motifs is 1. The molecule has 0 radical (unpaired) electrons. The number of ether oxygens (including phenoxy) is 2. The van der Waals surface area contributed by atoms with Gasteiger partial charge in [-0.3, -0.25) is 4.98 Å². The number of methoxy groups -OCH3 is 2. The van der Waals surface area contributed by atoms with Crippen LogP contribution in [-0.4, -0.2) is 29.2 Å². The molecular weight excluding hydrogens is 314 g/mol. The standard InChI is InChI=1S/C20H17N3O2/c1-24-17-10-9-13(12-18(17)25-2)19-14(6-5-11-21-19)20-22-15-7-3-4-8-16(15)23-20/h3-12H,1-2H3,(H,22,23). The molecule has 0 aliphatic heterocycles. The summed E-state index contributed by atoms with van der Waals surface area (Å²) in [4.78, 5) is 12.6. The minimum absolute atomic E-state index is 0.668. The van der Waals surface area contributed by atoms with Crippen molar-refractivity contribution in [3.63, 3.8) is 0 Å². The molecule has 0 saturated heterocycles. The summed E-state index contributed by atoms with van der Waals surface area (Å²) in [6.07, 6.45) is 1.78. The quantitative estimate of drug-likeness (QED) is 0.605. The Bertz CT molecular complexity index is 1010. The van der Waals surface area contributed by atoms with Crippen molar-refractivity contribution in [1.29, 1.82) is 0 Å². The van der Waals surface area contributed by atoms with Crippen LogP contribution in [0.15, 0.2) is 60.8 Å². The van der Waals surface area contributed by atoms with Gasteiger partial charge >= 0.3 is 0 Å². The summed E-state index contributed by atoms with van der Waals surface area (Å²) in [7, 11) is 3.25. The molecule has 0 bridgehead atoms. The van der Waals surface area contributed by atoms with Gasteiger partial charge in [0.05, 0.1) is 30.9 Å². The van der Waals surface area contributed by atoms with E-state index in [1.54, 1.807) is 20.4 Å². The van der Waals surface area contributed by atoms with E-state index in [0.29, 0.717) is 11.5 Å². The first kappa shape index (κ1) is 15.2. The number of H-pyrrole nitrogens is 1. The molecule has 5 nitrogen and oxygen atoms in total. The van der Waals surface area contributed by atoms with Crippen molar-refractivity contribution in [1.82, 2.24) is 15.0 Å². The minimum Gasteiger partial charge on any atom is -0.493 e. The van der Waals surface area contributed by atoms with Crippen LogP contribution in [0, 0.1) is 0 Å². The van der Waals surface area contributed by atoms with Crippen molar-refractivity contribution in [2.24, 2.45) is 0 Å². The number of aromatic amines is 1. The summed E-state index contributed by atoms with van der Waals surface area (Å²) >= 11 is 0. The fraction of sp³-hybridized carbons (Fsp3) is 0.100.